The lowest BCUT2D eigenvalue weighted by molar-refractivity contribution is -0.122. The molecule has 7 heteroatoms. The molecule has 2 rings (SSSR count). The largest absolute Gasteiger partial charge is 0.432 e. The first-order valence-corrected chi connectivity index (χ1v) is 6.75. The number of carbonyl (C=O) groups is 1. The molecular weight excluding hydrogens is 285 g/mol. The molecule has 21 heavy (non-hydrogen) atoms. The van der Waals surface area contributed by atoms with E-state index in [1.165, 1.54) is 6.07 Å². The molecule has 0 heterocycles. The third-order valence-corrected chi connectivity index (χ3v) is 3.60. The molecule has 1 aliphatic carbocycles. The Hall–Kier alpha value is -1.76. The molecule has 1 saturated carbocycles. The Labute approximate surface area is 120 Å². The maximum absolute atomic E-state index is 13.6. The average Bonchev–Trinajstić information content (AvgIpc) is 2.42. The highest BCUT2D eigenvalue weighted by Crippen LogP contribution is 2.28. The Balaban J connectivity index is 2.05. The summed E-state index contributed by atoms with van der Waals surface area (Å²) in [6.45, 7) is -3.10. The monoisotopic (exact) mass is 302 g/mol. The second-order valence-electron chi connectivity index (χ2n) is 5.19. The molecule has 0 aliphatic heterocycles. The molecule has 3 N–H and O–H groups in total. The van der Waals surface area contributed by atoms with E-state index in [2.05, 4.69) is 10.1 Å². The predicted octanol–water partition coefficient (Wildman–Crippen LogP) is 3.03. The summed E-state index contributed by atoms with van der Waals surface area (Å²) in [6, 6.07) is 3.27. The molecule has 1 fully saturated rings. The number of nitrogens with two attached hydrogens (primary N) is 1. The fourth-order valence-electron chi connectivity index (χ4n) is 2.44. The van der Waals surface area contributed by atoms with Gasteiger partial charge in [0, 0.05) is 11.8 Å². The van der Waals surface area contributed by atoms with E-state index < -0.39 is 23.7 Å². The number of rotatable bonds is 4. The van der Waals surface area contributed by atoms with Crippen LogP contribution in [0, 0.1) is 5.82 Å². The van der Waals surface area contributed by atoms with Crippen LogP contribution in [0.5, 0.6) is 5.75 Å². The predicted molar refractivity (Wildman–Crippen MR) is 71.7 cm³/mol. The van der Waals surface area contributed by atoms with Gasteiger partial charge in [-0.1, -0.05) is 19.3 Å². The Morgan fingerprint density at radius 2 is 1.95 bits per heavy atom. The summed E-state index contributed by atoms with van der Waals surface area (Å²) < 4.78 is 41.6. The van der Waals surface area contributed by atoms with Crippen LogP contribution >= 0.6 is 0 Å². The minimum Gasteiger partial charge on any atom is -0.432 e. The number of hydrogen-bond acceptors (Lipinski definition) is 3. The van der Waals surface area contributed by atoms with Gasteiger partial charge in [0.25, 0.3) is 0 Å². The number of nitrogens with one attached hydrogen (secondary N) is 1. The van der Waals surface area contributed by atoms with Crippen LogP contribution in [0.4, 0.5) is 18.9 Å². The van der Waals surface area contributed by atoms with Crippen molar-refractivity contribution in [2.45, 2.75) is 44.3 Å². The summed E-state index contributed by atoms with van der Waals surface area (Å²) in [5.74, 6) is -1.92. The number of carbonyl (C=O) groups excluding carboxylic acids is 1. The topological polar surface area (TPSA) is 64.4 Å². The first-order chi connectivity index (χ1) is 9.90. The molecule has 0 unspecified atom stereocenters. The fraction of sp³-hybridized carbons (Fsp3) is 0.500. The molecular formula is C14H17F3N2O2. The van der Waals surface area contributed by atoms with Crippen LogP contribution in [-0.2, 0) is 4.79 Å². The smallest absolute Gasteiger partial charge is 0.387 e. The highest BCUT2D eigenvalue weighted by Gasteiger charge is 2.35. The molecule has 1 aromatic rings. The van der Waals surface area contributed by atoms with Crippen LogP contribution in [-0.4, -0.2) is 18.1 Å². The molecule has 0 saturated heterocycles. The number of benzene rings is 1. The van der Waals surface area contributed by atoms with Gasteiger partial charge in [0.1, 0.15) is 0 Å². The molecule has 0 bridgehead atoms. The van der Waals surface area contributed by atoms with E-state index in [-0.39, 0.29) is 11.6 Å². The Bertz CT molecular complexity index is 517. The van der Waals surface area contributed by atoms with Crippen LogP contribution < -0.4 is 15.8 Å². The van der Waals surface area contributed by atoms with E-state index in [0.29, 0.717) is 12.8 Å². The quantitative estimate of drug-likeness (QED) is 0.898. The van der Waals surface area contributed by atoms with E-state index in [4.69, 9.17) is 5.73 Å². The first kappa shape index (κ1) is 15.6. The first-order valence-electron chi connectivity index (χ1n) is 6.75. The van der Waals surface area contributed by atoms with Crippen molar-refractivity contribution in [2.75, 3.05) is 5.32 Å². The number of ether oxygens (including phenoxy) is 1. The van der Waals surface area contributed by atoms with Crippen LogP contribution in [0.25, 0.3) is 0 Å². The molecule has 0 atom stereocenters. The van der Waals surface area contributed by atoms with Gasteiger partial charge >= 0.3 is 6.61 Å². The fourth-order valence-corrected chi connectivity index (χ4v) is 2.44. The van der Waals surface area contributed by atoms with Crippen LogP contribution in [0.3, 0.4) is 0 Å². The normalized spacial score (nSPS) is 17.6. The van der Waals surface area contributed by atoms with E-state index in [9.17, 15) is 18.0 Å². The zero-order valence-electron chi connectivity index (χ0n) is 11.4. The highest BCUT2D eigenvalue weighted by molar-refractivity contribution is 5.98. The number of hydrogen-bond donors (Lipinski definition) is 2. The standard InChI is InChI=1S/C14H17F3N2O2/c15-10-8-9(4-5-11(10)21-13(16)17)19-12(20)14(18)6-2-1-3-7-14/h4-5,8,13H,1-3,6-7,18H2,(H,19,20). The van der Waals surface area contributed by atoms with Crippen molar-refractivity contribution >= 4 is 11.6 Å². The lowest BCUT2D eigenvalue weighted by Crippen LogP contribution is -2.52. The van der Waals surface area contributed by atoms with Gasteiger partial charge in [-0.3, -0.25) is 4.79 Å². The maximum Gasteiger partial charge on any atom is 0.387 e. The van der Waals surface area contributed by atoms with Crippen molar-refractivity contribution in [2.24, 2.45) is 5.73 Å². The van der Waals surface area contributed by atoms with Gasteiger partial charge in [0.15, 0.2) is 11.6 Å². The lowest BCUT2D eigenvalue weighted by Gasteiger charge is -2.31. The van der Waals surface area contributed by atoms with Gasteiger partial charge in [0.2, 0.25) is 5.91 Å². The van der Waals surface area contributed by atoms with Crippen molar-refractivity contribution in [1.82, 2.24) is 0 Å². The molecule has 4 nitrogen and oxygen atoms in total. The molecule has 1 aliphatic rings. The summed E-state index contributed by atoms with van der Waals surface area (Å²) in [4.78, 5) is 12.2. The summed E-state index contributed by atoms with van der Waals surface area (Å²) in [5, 5.41) is 2.53. The van der Waals surface area contributed by atoms with Crippen molar-refractivity contribution in [3.63, 3.8) is 0 Å². The zero-order chi connectivity index (χ0) is 15.5. The van der Waals surface area contributed by atoms with Crippen molar-refractivity contribution in [1.29, 1.82) is 0 Å². The van der Waals surface area contributed by atoms with E-state index in [1.807, 2.05) is 0 Å². The number of alkyl halides is 2. The second-order valence-corrected chi connectivity index (χ2v) is 5.19. The van der Waals surface area contributed by atoms with E-state index in [0.717, 1.165) is 31.4 Å². The van der Waals surface area contributed by atoms with Crippen molar-refractivity contribution in [3.8, 4) is 5.75 Å². The lowest BCUT2D eigenvalue weighted by atomic mass is 9.82. The minimum atomic E-state index is -3.10. The van der Waals surface area contributed by atoms with Gasteiger partial charge in [-0.15, -0.1) is 0 Å². The van der Waals surface area contributed by atoms with Gasteiger partial charge in [-0.25, -0.2) is 4.39 Å². The van der Waals surface area contributed by atoms with Gasteiger partial charge in [-0.2, -0.15) is 8.78 Å². The second kappa shape index (κ2) is 6.34. The molecule has 1 amide bonds. The van der Waals surface area contributed by atoms with Crippen LogP contribution in [0.2, 0.25) is 0 Å². The summed E-state index contributed by atoms with van der Waals surface area (Å²) in [5.41, 5.74) is 5.26. The van der Waals surface area contributed by atoms with E-state index in [1.54, 1.807) is 0 Å². The number of halogens is 3. The molecule has 116 valence electrons. The Kier molecular flexibility index (Phi) is 4.72. The van der Waals surface area contributed by atoms with Gasteiger partial charge in [0.05, 0.1) is 5.54 Å². The highest BCUT2D eigenvalue weighted by atomic mass is 19.3. The average molecular weight is 302 g/mol. The SMILES string of the molecule is NC1(C(=O)Nc2ccc(OC(F)F)c(F)c2)CCCCC1. The van der Waals surface area contributed by atoms with Crippen LogP contribution in [0.1, 0.15) is 32.1 Å². The summed E-state index contributed by atoms with van der Waals surface area (Å²) >= 11 is 0. The Morgan fingerprint density at radius 1 is 1.29 bits per heavy atom. The van der Waals surface area contributed by atoms with E-state index >= 15 is 0 Å². The third-order valence-electron chi connectivity index (χ3n) is 3.60. The van der Waals surface area contributed by atoms with Crippen molar-refractivity contribution < 1.29 is 22.7 Å². The molecule has 0 spiro atoms. The van der Waals surface area contributed by atoms with Gasteiger partial charge in [-0.05, 0) is 25.0 Å². The zero-order valence-corrected chi connectivity index (χ0v) is 11.4. The van der Waals surface area contributed by atoms with Gasteiger partial charge < -0.3 is 15.8 Å². The minimum absolute atomic E-state index is 0.162. The molecule has 0 radical (unpaired) electrons. The summed E-state index contributed by atoms with van der Waals surface area (Å²) in [7, 11) is 0. The number of amides is 1. The summed E-state index contributed by atoms with van der Waals surface area (Å²) in [6.07, 6.45) is 3.95. The molecule has 0 aromatic heterocycles. The van der Waals surface area contributed by atoms with Crippen LogP contribution in [0.15, 0.2) is 18.2 Å². The van der Waals surface area contributed by atoms with Crippen molar-refractivity contribution in [3.05, 3.63) is 24.0 Å². The maximum atomic E-state index is 13.6. The Morgan fingerprint density at radius 3 is 2.52 bits per heavy atom. The third kappa shape index (κ3) is 3.87. The number of anilines is 1. The molecule has 1 aromatic carbocycles.